The number of carbonyl (C=O) groups excluding carboxylic acids is 1. The van der Waals surface area contributed by atoms with E-state index in [1.807, 2.05) is 13.1 Å². The van der Waals surface area contributed by atoms with Crippen LogP contribution in [-0.2, 0) is 0 Å². The fraction of sp³-hybridized carbons (Fsp3) is 0.471. The van der Waals surface area contributed by atoms with Gasteiger partial charge in [0.2, 0.25) is 0 Å². The molecule has 1 saturated carbocycles. The molecule has 1 aromatic heterocycles. The molecule has 2 aromatic rings. The summed E-state index contributed by atoms with van der Waals surface area (Å²) in [5.74, 6) is 0.453. The summed E-state index contributed by atoms with van der Waals surface area (Å²) in [5.41, 5.74) is 0.0654. The topological polar surface area (TPSA) is 66.1 Å². The van der Waals surface area contributed by atoms with E-state index in [1.54, 1.807) is 23.1 Å². The SMILES string of the molecule is CN(CC1CCCCC1)C(=O)c1n[nH]c(=O)c2ccccc12. The largest absolute Gasteiger partial charge is 0.340 e. The first-order chi connectivity index (χ1) is 10.7. The zero-order valence-electron chi connectivity index (χ0n) is 12.8. The van der Waals surface area contributed by atoms with Gasteiger partial charge in [0, 0.05) is 19.0 Å². The van der Waals surface area contributed by atoms with Gasteiger partial charge < -0.3 is 4.90 Å². The number of fused-ring (bicyclic) bond motifs is 1. The normalized spacial score (nSPS) is 15.9. The molecule has 1 N–H and O–H groups in total. The molecule has 1 aliphatic rings. The predicted molar refractivity (Wildman–Crippen MR) is 85.9 cm³/mol. The molecule has 0 spiro atoms. The Bertz CT molecular complexity index is 732. The number of nitrogens with one attached hydrogen (secondary N) is 1. The van der Waals surface area contributed by atoms with Crippen molar-refractivity contribution in [1.82, 2.24) is 15.1 Å². The lowest BCUT2D eigenvalue weighted by Gasteiger charge is -2.27. The molecule has 0 saturated heterocycles. The standard InChI is InChI=1S/C17H21N3O2/c1-20(11-12-7-3-2-4-8-12)17(22)15-13-9-5-6-10-14(13)16(21)19-18-15/h5-6,9-10,12H,2-4,7-8,11H2,1H3,(H,19,21). The fourth-order valence-electron chi connectivity index (χ4n) is 3.30. The lowest BCUT2D eigenvalue weighted by molar-refractivity contribution is 0.0755. The third kappa shape index (κ3) is 2.89. The molecule has 1 aromatic carbocycles. The molecular weight excluding hydrogens is 278 g/mol. The number of benzene rings is 1. The molecule has 0 aliphatic heterocycles. The summed E-state index contributed by atoms with van der Waals surface area (Å²) < 4.78 is 0. The molecule has 0 unspecified atom stereocenters. The second-order valence-electron chi connectivity index (χ2n) is 6.14. The van der Waals surface area contributed by atoms with Gasteiger partial charge in [-0.3, -0.25) is 9.59 Å². The Balaban J connectivity index is 1.85. The first-order valence-electron chi connectivity index (χ1n) is 7.89. The van der Waals surface area contributed by atoms with E-state index in [4.69, 9.17) is 0 Å². The number of aromatic nitrogens is 2. The predicted octanol–water partition coefficient (Wildman–Crippen LogP) is 2.58. The van der Waals surface area contributed by atoms with Gasteiger partial charge in [0.15, 0.2) is 5.69 Å². The van der Waals surface area contributed by atoms with Crippen LogP contribution in [0.5, 0.6) is 0 Å². The highest BCUT2D eigenvalue weighted by Crippen LogP contribution is 2.24. The van der Waals surface area contributed by atoms with Crippen molar-refractivity contribution in [3.63, 3.8) is 0 Å². The van der Waals surface area contributed by atoms with E-state index in [0.717, 1.165) is 6.54 Å². The number of rotatable bonds is 3. The van der Waals surface area contributed by atoms with Crippen molar-refractivity contribution in [2.75, 3.05) is 13.6 Å². The Hall–Kier alpha value is -2.17. The summed E-state index contributed by atoms with van der Waals surface area (Å²) in [6.45, 7) is 0.758. The molecule has 3 rings (SSSR count). The van der Waals surface area contributed by atoms with Crippen LogP contribution in [0.1, 0.15) is 42.6 Å². The molecule has 0 bridgehead atoms. The summed E-state index contributed by atoms with van der Waals surface area (Å²) in [6.07, 6.45) is 6.20. The van der Waals surface area contributed by atoms with Crippen LogP contribution in [-0.4, -0.2) is 34.6 Å². The Labute approximate surface area is 129 Å². The van der Waals surface area contributed by atoms with E-state index >= 15 is 0 Å². The Morgan fingerprint density at radius 1 is 1.23 bits per heavy atom. The number of hydrogen-bond donors (Lipinski definition) is 1. The van der Waals surface area contributed by atoms with Gasteiger partial charge in [-0.25, -0.2) is 5.10 Å². The van der Waals surface area contributed by atoms with Crippen LogP contribution in [0.15, 0.2) is 29.1 Å². The first-order valence-corrected chi connectivity index (χ1v) is 7.89. The van der Waals surface area contributed by atoms with E-state index in [1.165, 1.54) is 32.1 Å². The van der Waals surface area contributed by atoms with Gasteiger partial charge in [-0.15, -0.1) is 0 Å². The molecule has 0 radical (unpaired) electrons. The monoisotopic (exact) mass is 299 g/mol. The minimum atomic E-state index is -0.262. The molecule has 1 fully saturated rings. The second-order valence-corrected chi connectivity index (χ2v) is 6.14. The van der Waals surface area contributed by atoms with Crippen LogP contribution in [0.3, 0.4) is 0 Å². The summed E-state index contributed by atoms with van der Waals surface area (Å²) >= 11 is 0. The zero-order valence-corrected chi connectivity index (χ0v) is 12.8. The maximum absolute atomic E-state index is 12.7. The third-order valence-corrected chi connectivity index (χ3v) is 4.50. The van der Waals surface area contributed by atoms with Crippen molar-refractivity contribution in [3.05, 3.63) is 40.3 Å². The van der Waals surface area contributed by atoms with Crippen molar-refractivity contribution in [3.8, 4) is 0 Å². The Kier molecular flexibility index (Phi) is 4.22. The molecule has 0 atom stereocenters. The molecule has 1 aliphatic carbocycles. The molecule has 22 heavy (non-hydrogen) atoms. The van der Waals surface area contributed by atoms with E-state index in [9.17, 15) is 9.59 Å². The van der Waals surface area contributed by atoms with Crippen LogP contribution in [0.25, 0.3) is 10.8 Å². The number of H-pyrrole nitrogens is 1. The molecular formula is C17H21N3O2. The lowest BCUT2D eigenvalue weighted by atomic mass is 9.89. The van der Waals surface area contributed by atoms with E-state index < -0.39 is 0 Å². The summed E-state index contributed by atoms with van der Waals surface area (Å²) in [5, 5.41) is 7.54. The lowest BCUT2D eigenvalue weighted by Crippen LogP contribution is -2.34. The molecule has 1 amide bonds. The minimum absolute atomic E-state index is 0.127. The third-order valence-electron chi connectivity index (χ3n) is 4.50. The molecule has 5 nitrogen and oxygen atoms in total. The van der Waals surface area contributed by atoms with Crippen molar-refractivity contribution in [2.24, 2.45) is 5.92 Å². The minimum Gasteiger partial charge on any atom is -0.340 e. The van der Waals surface area contributed by atoms with Gasteiger partial charge in [0.05, 0.1) is 5.39 Å². The Morgan fingerprint density at radius 2 is 1.91 bits per heavy atom. The Morgan fingerprint density at radius 3 is 2.64 bits per heavy atom. The van der Waals surface area contributed by atoms with Gasteiger partial charge in [0.1, 0.15) is 0 Å². The number of amides is 1. The summed E-state index contributed by atoms with van der Waals surface area (Å²) in [6, 6.07) is 7.10. The first kappa shape index (κ1) is 14.8. The summed E-state index contributed by atoms with van der Waals surface area (Å²) in [4.78, 5) is 26.2. The van der Waals surface area contributed by atoms with E-state index in [0.29, 0.717) is 22.4 Å². The van der Waals surface area contributed by atoms with E-state index in [2.05, 4.69) is 10.2 Å². The van der Waals surface area contributed by atoms with Crippen LogP contribution < -0.4 is 5.56 Å². The van der Waals surface area contributed by atoms with E-state index in [-0.39, 0.29) is 11.5 Å². The molecule has 1 heterocycles. The number of hydrogen-bond acceptors (Lipinski definition) is 3. The second kappa shape index (κ2) is 6.30. The zero-order chi connectivity index (χ0) is 15.5. The van der Waals surface area contributed by atoms with Gasteiger partial charge in [0.25, 0.3) is 11.5 Å². The smallest absolute Gasteiger partial charge is 0.274 e. The van der Waals surface area contributed by atoms with Crippen LogP contribution in [0.4, 0.5) is 0 Å². The highest BCUT2D eigenvalue weighted by Gasteiger charge is 2.22. The number of carbonyl (C=O) groups is 1. The molecule has 116 valence electrons. The van der Waals surface area contributed by atoms with Crippen molar-refractivity contribution in [2.45, 2.75) is 32.1 Å². The van der Waals surface area contributed by atoms with Gasteiger partial charge >= 0.3 is 0 Å². The van der Waals surface area contributed by atoms with Gasteiger partial charge in [-0.05, 0) is 24.8 Å². The maximum atomic E-state index is 12.7. The maximum Gasteiger partial charge on any atom is 0.274 e. The average Bonchev–Trinajstić information content (AvgIpc) is 2.56. The quantitative estimate of drug-likeness (QED) is 0.947. The van der Waals surface area contributed by atoms with Crippen LogP contribution in [0, 0.1) is 5.92 Å². The number of aromatic amines is 1. The average molecular weight is 299 g/mol. The van der Waals surface area contributed by atoms with Crippen molar-refractivity contribution < 1.29 is 4.79 Å². The van der Waals surface area contributed by atoms with Crippen LogP contribution in [0.2, 0.25) is 0 Å². The number of nitrogens with zero attached hydrogens (tertiary/aromatic N) is 2. The van der Waals surface area contributed by atoms with Gasteiger partial charge in [-0.2, -0.15) is 5.10 Å². The van der Waals surface area contributed by atoms with Crippen molar-refractivity contribution >= 4 is 16.7 Å². The van der Waals surface area contributed by atoms with Crippen LogP contribution >= 0.6 is 0 Å². The highest BCUT2D eigenvalue weighted by atomic mass is 16.2. The van der Waals surface area contributed by atoms with Crippen molar-refractivity contribution in [1.29, 1.82) is 0 Å². The molecule has 5 heteroatoms. The fourth-order valence-corrected chi connectivity index (χ4v) is 3.30. The highest BCUT2D eigenvalue weighted by molar-refractivity contribution is 6.04. The van der Waals surface area contributed by atoms with Gasteiger partial charge in [-0.1, -0.05) is 37.5 Å². The summed E-state index contributed by atoms with van der Waals surface area (Å²) in [7, 11) is 1.82.